The number of ether oxygens (including phenoxy) is 1. The van der Waals surface area contributed by atoms with Gasteiger partial charge in [0.15, 0.2) is 11.4 Å². The summed E-state index contributed by atoms with van der Waals surface area (Å²) < 4.78 is 10.6. The number of hydrogen-bond acceptors (Lipinski definition) is 5. The molecule has 2 aromatic rings. The van der Waals surface area contributed by atoms with Crippen LogP contribution in [0.1, 0.15) is 12.8 Å². The van der Waals surface area contributed by atoms with Gasteiger partial charge in [-0.1, -0.05) is 16.8 Å². The molecule has 1 aromatic carbocycles. The van der Waals surface area contributed by atoms with Crippen molar-refractivity contribution in [3.05, 3.63) is 17.2 Å². The summed E-state index contributed by atoms with van der Waals surface area (Å²) in [5.74, 6) is 2.12. The second kappa shape index (κ2) is 6.14. The van der Waals surface area contributed by atoms with Crippen molar-refractivity contribution in [2.24, 2.45) is 5.92 Å². The van der Waals surface area contributed by atoms with Gasteiger partial charge in [0.05, 0.1) is 12.5 Å². The van der Waals surface area contributed by atoms with Crippen LogP contribution in [0, 0.1) is 5.92 Å². The zero-order valence-corrected chi connectivity index (χ0v) is 13.9. The molecule has 22 heavy (non-hydrogen) atoms. The number of methoxy groups -OCH3 is 1. The fourth-order valence-corrected chi connectivity index (χ4v) is 3.80. The van der Waals surface area contributed by atoms with E-state index in [2.05, 4.69) is 15.4 Å². The van der Waals surface area contributed by atoms with Crippen LogP contribution in [0.25, 0.3) is 11.0 Å². The predicted octanol–water partition coefficient (Wildman–Crippen LogP) is 3.42. The van der Waals surface area contributed by atoms with Gasteiger partial charge in [-0.25, -0.2) is 0 Å². The number of anilines is 1. The van der Waals surface area contributed by atoms with Gasteiger partial charge in [0.25, 0.3) is 0 Å². The van der Waals surface area contributed by atoms with Gasteiger partial charge in [0, 0.05) is 12.6 Å². The summed E-state index contributed by atoms with van der Waals surface area (Å²) in [5, 5.41) is 9.11. The second-order valence-corrected chi connectivity index (χ2v) is 6.26. The molecule has 0 saturated carbocycles. The molecule has 1 atom stereocenters. The van der Waals surface area contributed by atoms with Crippen molar-refractivity contribution < 1.29 is 9.26 Å². The molecule has 1 aromatic heterocycles. The molecule has 2 bridgehead atoms. The zero-order chi connectivity index (χ0) is 14.4. The third-order valence-corrected chi connectivity index (χ3v) is 5.10. The maximum atomic E-state index is 6.27. The molecular formula is C15H19Cl2N3O2. The van der Waals surface area contributed by atoms with Crippen LogP contribution in [0.2, 0.25) is 5.02 Å². The summed E-state index contributed by atoms with van der Waals surface area (Å²) in [5.41, 5.74) is 0.583. The molecular weight excluding hydrogens is 325 g/mol. The van der Waals surface area contributed by atoms with Gasteiger partial charge in [-0.05, 0) is 44.0 Å². The summed E-state index contributed by atoms with van der Waals surface area (Å²) in [6.45, 7) is 3.54. The third kappa shape index (κ3) is 2.51. The Bertz CT molecular complexity index is 668. The van der Waals surface area contributed by atoms with Crippen molar-refractivity contribution in [1.82, 2.24) is 10.1 Å². The predicted molar refractivity (Wildman–Crippen MR) is 89.4 cm³/mol. The Morgan fingerprint density at radius 1 is 1.36 bits per heavy atom. The fourth-order valence-electron chi connectivity index (χ4n) is 3.52. The molecule has 0 aliphatic carbocycles. The molecule has 1 N–H and O–H groups in total. The van der Waals surface area contributed by atoms with Gasteiger partial charge in [-0.3, -0.25) is 0 Å². The van der Waals surface area contributed by atoms with Gasteiger partial charge in [0.2, 0.25) is 0 Å². The number of halogens is 2. The Hall–Kier alpha value is -1.17. The standard InChI is InChI=1S/C15H18ClN3O2.ClH/c1-20-12-3-2-10-14(13(12)16)21-18-15(10)17-11-8-19-6-4-9(11)5-7-19;/h2-3,9,11H,4-8H2,1H3,(H,17,18);1H. The zero-order valence-electron chi connectivity index (χ0n) is 12.3. The smallest absolute Gasteiger partial charge is 0.191 e. The molecule has 3 fully saturated rings. The third-order valence-electron chi connectivity index (χ3n) is 4.74. The number of aromatic nitrogens is 1. The van der Waals surface area contributed by atoms with Crippen LogP contribution in [0.15, 0.2) is 16.7 Å². The molecule has 3 aliphatic heterocycles. The van der Waals surface area contributed by atoms with Gasteiger partial charge in [-0.15, -0.1) is 12.4 Å². The van der Waals surface area contributed by atoms with Crippen LogP contribution < -0.4 is 10.1 Å². The largest absolute Gasteiger partial charge is 0.495 e. The molecule has 3 saturated heterocycles. The Morgan fingerprint density at radius 3 is 2.77 bits per heavy atom. The van der Waals surface area contributed by atoms with Crippen LogP contribution in [0.3, 0.4) is 0 Å². The van der Waals surface area contributed by atoms with Crippen molar-refractivity contribution >= 4 is 40.8 Å². The number of nitrogens with one attached hydrogen (secondary N) is 1. The summed E-state index contributed by atoms with van der Waals surface area (Å²) in [4.78, 5) is 2.51. The fraction of sp³-hybridized carbons (Fsp3) is 0.533. The van der Waals surface area contributed by atoms with Gasteiger partial charge in [0.1, 0.15) is 10.8 Å². The molecule has 5 rings (SSSR count). The maximum absolute atomic E-state index is 6.27. The lowest BCUT2D eigenvalue weighted by atomic mass is 9.84. The van der Waals surface area contributed by atoms with E-state index in [4.69, 9.17) is 20.9 Å². The van der Waals surface area contributed by atoms with Crippen LogP contribution in [-0.2, 0) is 0 Å². The van der Waals surface area contributed by atoms with Crippen molar-refractivity contribution in [2.45, 2.75) is 18.9 Å². The number of nitrogens with zero attached hydrogens (tertiary/aromatic N) is 2. The highest BCUT2D eigenvalue weighted by molar-refractivity contribution is 6.36. The first-order valence-electron chi connectivity index (χ1n) is 7.37. The minimum atomic E-state index is 0. The lowest BCUT2D eigenvalue weighted by Gasteiger charge is -2.44. The first-order valence-corrected chi connectivity index (χ1v) is 7.75. The topological polar surface area (TPSA) is 50.5 Å². The molecule has 1 unspecified atom stereocenters. The molecule has 4 heterocycles. The van der Waals surface area contributed by atoms with E-state index < -0.39 is 0 Å². The highest BCUT2D eigenvalue weighted by Crippen LogP contribution is 2.37. The number of fused-ring (bicyclic) bond motifs is 4. The van der Waals surface area contributed by atoms with Crippen molar-refractivity contribution in [3.8, 4) is 5.75 Å². The van der Waals surface area contributed by atoms with E-state index in [1.54, 1.807) is 7.11 Å². The SMILES string of the molecule is COc1ccc2c(NC3CN4CCC3CC4)noc2c1Cl.Cl. The average Bonchev–Trinajstić information content (AvgIpc) is 2.93. The van der Waals surface area contributed by atoms with E-state index in [0.29, 0.717) is 22.4 Å². The van der Waals surface area contributed by atoms with Gasteiger partial charge < -0.3 is 19.5 Å². The Kier molecular flexibility index (Phi) is 4.39. The monoisotopic (exact) mass is 343 g/mol. The minimum Gasteiger partial charge on any atom is -0.495 e. The summed E-state index contributed by atoms with van der Waals surface area (Å²) in [7, 11) is 1.59. The van der Waals surface area contributed by atoms with Crippen molar-refractivity contribution in [2.75, 3.05) is 32.1 Å². The lowest BCUT2D eigenvalue weighted by molar-refractivity contribution is 0.0973. The molecule has 7 heteroatoms. The molecule has 0 spiro atoms. The number of hydrogen-bond donors (Lipinski definition) is 1. The van der Waals surface area contributed by atoms with Gasteiger partial charge in [-0.2, -0.15) is 0 Å². The quantitative estimate of drug-likeness (QED) is 0.925. The maximum Gasteiger partial charge on any atom is 0.191 e. The highest BCUT2D eigenvalue weighted by atomic mass is 35.5. The van der Waals surface area contributed by atoms with E-state index in [0.717, 1.165) is 23.7 Å². The van der Waals surface area contributed by atoms with Crippen LogP contribution in [0.4, 0.5) is 5.82 Å². The number of piperidine rings is 3. The Labute approximate surface area is 140 Å². The van der Waals surface area contributed by atoms with E-state index in [1.807, 2.05) is 12.1 Å². The number of benzene rings is 1. The van der Waals surface area contributed by atoms with E-state index in [-0.39, 0.29) is 12.4 Å². The first kappa shape index (κ1) is 15.7. The minimum absolute atomic E-state index is 0. The Morgan fingerprint density at radius 2 is 2.14 bits per heavy atom. The molecule has 3 aliphatic rings. The Balaban J connectivity index is 0.00000144. The van der Waals surface area contributed by atoms with Gasteiger partial charge >= 0.3 is 0 Å². The molecule has 0 amide bonds. The summed E-state index contributed by atoms with van der Waals surface area (Å²) in [6, 6.07) is 4.24. The van der Waals surface area contributed by atoms with Crippen LogP contribution >= 0.6 is 24.0 Å². The molecule has 0 radical (unpaired) electrons. The first-order chi connectivity index (χ1) is 10.3. The van der Waals surface area contributed by atoms with E-state index in [9.17, 15) is 0 Å². The summed E-state index contributed by atoms with van der Waals surface area (Å²) in [6.07, 6.45) is 2.53. The van der Waals surface area contributed by atoms with E-state index in [1.165, 1.54) is 25.9 Å². The second-order valence-electron chi connectivity index (χ2n) is 5.88. The lowest BCUT2D eigenvalue weighted by Crippen LogP contribution is -2.53. The average molecular weight is 344 g/mol. The molecule has 120 valence electrons. The van der Waals surface area contributed by atoms with Crippen molar-refractivity contribution in [1.29, 1.82) is 0 Å². The van der Waals surface area contributed by atoms with Crippen molar-refractivity contribution in [3.63, 3.8) is 0 Å². The van der Waals surface area contributed by atoms with E-state index >= 15 is 0 Å². The summed E-state index contributed by atoms with van der Waals surface area (Å²) >= 11 is 6.27. The molecule has 5 nitrogen and oxygen atoms in total. The number of rotatable bonds is 3. The normalized spacial score (nSPS) is 26.7. The van der Waals surface area contributed by atoms with Crippen LogP contribution in [0.5, 0.6) is 5.75 Å². The highest BCUT2D eigenvalue weighted by Gasteiger charge is 2.34. The van der Waals surface area contributed by atoms with Crippen LogP contribution in [-0.4, -0.2) is 42.8 Å².